The average molecular weight is 429 g/mol. The molecule has 1 aliphatic heterocycles. The Labute approximate surface area is 178 Å². The van der Waals surface area contributed by atoms with Gasteiger partial charge in [0, 0.05) is 6.42 Å². The molecule has 2 amide bonds. The number of thiocarbonyl (C=S) groups is 1. The van der Waals surface area contributed by atoms with Gasteiger partial charge in [-0.15, -0.1) is 0 Å². The maximum atomic E-state index is 12.7. The lowest BCUT2D eigenvalue weighted by atomic mass is 10.1. The zero-order valence-corrected chi connectivity index (χ0v) is 17.4. The van der Waals surface area contributed by atoms with Gasteiger partial charge in [-0.2, -0.15) is 0 Å². The highest BCUT2D eigenvalue weighted by Gasteiger charge is 2.38. The molecule has 0 spiro atoms. The van der Waals surface area contributed by atoms with Crippen molar-refractivity contribution in [1.29, 1.82) is 0 Å². The molecule has 0 saturated carbocycles. The first-order valence-corrected chi connectivity index (χ1v) is 10.4. The molecule has 1 aliphatic rings. The molecule has 0 aromatic heterocycles. The third-order valence-electron chi connectivity index (χ3n) is 4.26. The number of nitrogens with zero attached hydrogens (tertiary/aromatic N) is 1. The van der Waals surface area contributed by atoms with E-state index in [0.717, 1.165) is 5.56 Å². The van der Waals surface area contributed by atoms with E-state index in [9.17, 15) is 14.4 Å². The molecule has 1 fully saturated rings. The smallest absolute Gasteiger partial charge is 0.340 e. The van der Waals surface area contributed by atoms with Crippen LogP contribution in [0, 0.1) is 0 Å². The lowest BCUT2D eigenvalue weighted by Gasteiger charge is -2.15. The van der Waals surface area contributed by atoms with Crippen LogP contribution < -0.4 is 5.32 Å². The monoisotopic (exact) mass is 428 g/mol. The van der Waals surface area contributed by atoms with Crippen LogP contribution in [0.3, 0.4) is 0 Å². The van der Waals surface area contributed by atoms with Crippen LogP contribution in [-0.2, 0) is 20.9 Å². The molecule has 0 unspecified atom stereocenters. The van der Waals surface area contributed by atoms with Gasteiger partial charge in [0.15, 0.2) is 0 Å². The molecule has 1 N–H and O–H groups in total. The number of para-hydroxylation sites is 1. The molecular weight excluding hydrogens is 408 g/mol. The second-order valence-electron chi connectivity index (χ2n) is 6.30. The molecule has 8 heteroatoms. The van der Waals surface area contributed by atoms with Gasteiger partial charge in [-0.05, 0) is 24.6 Å². The van der Waals surface area contributed by atoms with E-state index in [4.69, 9.17) is 17.0 Å². The molecule has 2 aromatic carbocycles. The van der Waals surface area contributed by atoms with E-state index in [0.29, 0.717) is 16.6 Å². The van der Waals surface area contributed by atoms with Gasteiger partial charge in [-0.25, -0.2) is 4.79 Å². The van der Waals surface area contributed by atoms with Crippen molar-refractivity contribution in [2.75, 3.05) is 11.9 Å². The number of nitrogens with one attached hydrogen (secondary N) is 1. The molecule has 1 atom stereocenters. The molecule has 6 nitrogen and oxygen atoms in total. The van der Waals surface area contributed by atoms with Crippen LogP contribution in [0.4, 0.5) is 5.69 Å². The highest BCUT2D eigenvalue weighted by Crippen LogP contribution is 2.31. The van der Waals surface area contributed by atoms with Crippen molar-refractivity contribution in [2.45, 2.75) is 25.1 Å². The Morgan fingerprint density at radius 3 is 2.55 bits per heavy atom. The van der Waals surface area contributed by atoms with Crippen LogP contribution in [0.5, 0.6) is 0 Å². The lowest BCUT2D eigenvalue weighted by molar-refractivity contribution is -0.128. The maximum absolute atomic E-state index is 12.7. The summed E-state index contributed by atoms with van der Waals surface area (Å²) in [6.45, 7) is 2.34. The maximum Gasteiger partial charge on any atom is 0.340 e. The van der Waals surface area contributed by atoms with Gasteiger partial charge in [-0.3, -0.25) is 14.5 Å². The molecule has 0 bridgehead atoms. The van der Waals surface area contributed by atoms with Crippen molar-refractivity contribution in [1.82, 2.24) is 4.90 Å². The van der Waals surface area contributed by atoms with Crippen molar-refractivity contribution in [3.63, 3.8) is 0 Å². The number of amides is 2. The lowest BCUT2D eigenvalue weighted by Crippen LogP contribution is -2.32. The van der Waals surface area contributed by atoms with E-state index >= 15 is 0 Å². The normalized spacial score (nSPS) is 16.0. The molecule has 150 valence electrons. The van der Waals surface area contributed by atoms with E-state index in [2.05, 4.69) is 5.32 Å². The zero-order chi connectivity index (χ0) is 20.8. The van der Waals surface area contributed by atoms with Gasteiger partial charge in [0.25, 0.3) is 0 Å². The van der Waals surface area contributed by atoms with Crippen molar-refractivity contribution >= 4 is 51.8 Å². The Bertz CT molecular complexity index is 933. The van der Waals surface area contributed by atoms with Gasteiger partial charge >= 0.3 is 5.97 Å². The van der Waals surface area contributed by atoms with E-state index in [-0.39, 0.29) is 30.4 Å². The fourth-order valence-corrected chi connectivity index (χ4v) is 4.38. The minimum absolute atomic E-state index is 0.0356. The first kappa shape index (κ1) is 21.0. The number of hydrogen-bond donors (Lipinski definition) is 1. The fourth-order valence-electron chi connectivity index (χ4n) is 2.89. The first-order valence-electron chi connectivity index (χ1n) is 9.11. The number of hydrogen-bond acceptors (Lipinski definition) is 6. The summed E-state index contributed by atoms with van der Waals surface area (Å²) in [5, 5.41) is 2.13. The van der Waals surface area contributed by atoms with E-state index < -0.39 is 11.2 Å². The van der Waals surface area contributed by atoms with Gasteiger partial charge < -0.3 is 10.1 Å². The number of carbonyl (C=O) groups is 3. The summed E-state index contributed by atoms with van der Waals surface area (Å²) in [5.41, 5.74) is 1.60. The number of anilines is 1. The molecule has 0 aliphatic carbocycles. The predicted octanol–water partition coefficient (Wildman–Crippen LogP) is 3.62. The van der Waals surface area contributed by atoms with E-state index in [1.807, 2.05) is 30.3 Å². The summed E-state index contributed by atoms with van der Waals surface area (Å²) in [6, 6.07) is 16.2. The number of benzene rings is 2. The molecule has 1 heterocycles. The highest BCUT2D eigenvalue weighted by molar-refractivity contribution is 8.24. The first-order chi connectivity index (χ1) is 14.0. The number of esters is 1. The standard InChI is InChI=1S/C21H20N2O4S2/c1-2-27-20(26)15-10-6-7-11-16(15)22-18(24)12-17-19(25)23(21(28)29-17)13-14-8-4-3-5-9-14/h3-11,17H,2,12-13H2,1H3,(H,22,24)/t17-/m1/s1. The quantitative estimate of drug-likeness (QED) is 0.536. The molecule has 2 aromatic rings. The van der Waals surface area contributed by atoms with Crippen molar-refractivity contribution < 1.29 is 19.1 Å². The summed E-state index contributed by atoms with van der Waals surface area (Å²) in [7, 11) is 0. The predicted molar refractivity (Wildman–Crippen MR) is 117 cm³/mol. The zero-order valence-electron chi connectivity index (χ0n) is 15.8. The summed E-state index contributed by atoms with van der Waals surface area (Å²) in [4.78, 5) is 38.8. The van der Waals surface area contributed by atoms with Crippen LogP contribution in [0.25, 0.3) is 0 Å². The minimum Gasteiger partial charge on any atom is -0.462 e. The number of rotatable bonds is 7. The van der Waals surface area contributed by atoms with Crippen molar-refractivity contribution in [2.24, 2.45) is 0 Å². The van der Waals surface area contributed by atoms with E-state index in [1.54, 1.807) is 31.2 Å². The van der Waals surface area contributed by atoms with Crippen molar-refractivity contribution in [3.05, 3.63) is 65.7 Å². The topological polar surface area (TPSA) is 75.7 Å². The Morgan fingerprint density at radius 1 is 1.14 bits per heavy atom. The van der Waals surface area contributed by atoms with Crippen LogP contribution in [0.2, 0.25) is 0 Å². The number of carbonyl (C=O) groups excluding carboxylic acids is 3. The summed E-state index contributed by atoms with van der Waals surface area (Å²) < 4.78 is 5.47. The second-order valence-corrected chi connectivity index (χ2v) is 8.14. The van der Waals surface area contributed by atoms with Crippen LogP contribution >= 0.6 is 24.0 Å². The summed E-state index contributed by atoms with van der Waals surface area (Å²) in [5.74, 6) is -1.06. The van der Waals surface area contributed by atoms with Crippen LogP contribution in [-0.4, -0.2) is 38.9 Å². The molecule has 29 heavy (non-hydrogen) atoms. The largest absolute Gasteiger partial charge is 0.462 e. The molecule has 1 saturated heterocycles. The number of ether oxygens (including phenoxy) is 1. The average Bonchev–Trinajstić information content (AvgIpc) is 2.96. The summed E-state index contributed by atoms with van der Waals surface area (Å²) >= 11 is 6.55. The summed E-state index contributed by atoms with van der Waals surface area (Å²) in [6.07, 6.45) is -0.0356. The van der Waals surface area contributed by atoms with Gasteiger partial charge in [0.2, 0.25) is 11.8 Å². The van der Waals surface area contributed by atoms with E-state index in [1.165, 1.54) is 16.7 Å². The Hall–Kier alpha value is -2.71. The Morgan fingerprint density at radius 2 is 1.83 bits per heavy atom. The SMILES string of the molecule is CCOC(=O)c1ccccc1NC(=O)C[C@H]1SC(=S)N(Cc2ccccc2)C1=O. The molecule has 0 radical (unpaired) electrons. The van der Waals surface area contributed by atoms with Crippen molar-refractivity contribution in [3.8, 4) is 0 Å². The van der Waals surface area contributed by atoms with Gasteiger partial charge in [0.05, 0.1) is 29.7 Å². The molecular formula is C21H20N2O4S2. The van der Waals surface area contributed by atoms with Crippen LogP contribution in [0.1, 0.15) is 29.3 Å². The Kier molecular flexibility index (Phi) is 7.00. The highest BCUT2D eigenvalue weighted by atomic mass is 32.2. The number of thioether (sulfide) groups is 1. The Balaban J connectivity index is 1.64. The fraction of sp³-hybridized carbons (Fsp3) is 0.238. The molecule has 3 rings (SSSR count). The van der Waals surface area contributed by atoms with Gasteiger partial charge in [0.1, 0.15) is 4.32 Å². The third-order valence-corrected chi connectivity index (χ3v) is 5.84. The second kappa shape index (κ2) is 9.67. The van der Waals surface area contributed by atoms with Gasteiger partial charge in [-0.1, -0.05) is 66.4 Å². The third kappa shape index (κ3) is 5.21. The van der Waals surface area contributed by atoms with Crippen LogP contribution in [0.15, 0.2) is 54.6 Å². The minimum atomic E-state index is -0.582.